The van der Waals surface area contributed by atoms with Gasteiger partial charge in [0.1, 0.15) is 5.82 Å². The van der Waals surface area contributed by atoms with Gasteiger partial charge in [0.15, 0.2) is 5.78 Å². The van der Waals surface area contributed by atoms with E-state index in [0.29, 0.717) is 29.8 Å². The number of hydrogen-bond acceptors (Lipinski definition) is 2. The fourth-order valence-corrected chi connectivity index (χ4v) is 1.72. The molecule has 1 atom stereocenters. The molecule has 0 radical (unpaired) electrons. The number of carbonyl (C=O) groups excluding carboxylic acids is 1. The molecule has 2 nitrogen and oxygen atoms in total. The molecule has 0 aliphatic carbocycles. The standard InChI is InChI=1S/C12H15BrFNO/c1-8(7-15)5-6-11(16)9-3-2-4-10(13)12(9)14/h2-4,8H,5-7,15H2,1H3. The van der Waals surface area contributed by atoms with E-state index < -0.39 is 5.82 Å². The van der Waals surface area contributed by atoms with Gasteiger partial charge in [-0.25, -0.2) is 4.39 Å². The summed E-state index contributed by atoms with van der Waals surface area (Å²) in [7, 11) is 0. The van der Waals surface area contributed by atoms with Gasteiger partial charge in [0.25, 0.3) is 0 Å². The molecule has 0 saturated carbocycles. The van der Waals surface area contributed by atoms with Crippen LogP contribution in [0.25, 0.3) is 0 Å². The lowest BCUT2D eigenvalue weighted by Gasteiger charge is -2.08. The second-order valence-electron chi connectivity index (χ2n) is 3.90. The molecule has 2 N–H and O–H groups in total. The summed E-state index contributed by atoms with van der Waals surface area (Å²) in [6.07, 6.45) is 1.03. The summed E-state index contributed by atoms with van der Waals surface area (Å²) >= 11 is 3.06. The van der Waals surface area contributed by atoms with E-state index in [2.05, 4.69) is 15.9 Å². The highest BCUT2D eigenvalue weighted by atomic mass is 79.9. The van der Waals surface area contributed by atoms with Gasteiger partial charge in [0.05, 0.1) is 10.0 Å². The maximum atomic E-state index is 13.6. The molecule has 88 valence electrons. The molecule has 0 heterocycles. The molecule has 0 fully saturated rings. The maximum Gasteiger partial charge on any atom is 0.165 e. The summed E-state index contributed by atoms with van der Waals surface area (Å²) in [6.45, 7) is 2.53. The largest absolute Gasteiger partial charge is 0.330 e. The normalized spacial score (nSPS) is 12.5. The Kier molecular flexibility index (Phi) is 5.09. The van der Waals surface area contributed by atoms with E-state index in [1.165, 1.54) is 6.07 Å². The van der Waals surface area contributed by atoms with E-state index in [1.807, 2.05) is 6.92 Å². The Balaban J connectivity index is 2.70. The summed E-state index contributed by atoms with van der Waals surface area (Å²) in [5.74, 6) is -0.355. The van der Waals surface area contributed by atoms with Gasteiger partial charge in [0.2, 0.25) is 0 Å². The predicted octanol–water partition coefficient (Wildman–Crippen LogP) is 3.15. The number of rotatable bonds is 5. The van der Waals surface area contributed by atoms with Crippen LogP contribution in [0.1, 0.15) is 30.1 Å². The van der Waals surface area contributed by atoms with Gasteiger partial charge in [-0.2, -0.15) is 0 Å². The van der Waals surface area contributed by atoms with Crippen LogP contribution in [0.4, 0.5) is 4.39 Å². The molecule has 4 heteroatoms. The van der Waals surface area contributed by atoms with Crippen molar-refractivity contribution in [1.29, 1.82) is 0 Å². The van der Waals surface area contributed by atoms with Crippen LogP contribution in [0.3, 0.4) is 0 Å². The first-order valence-electron chi connectivity index (χ1n) is 5.23. The molecule has 0 saturated heterocycles. The molecule has 0 aliphatic rings. The molecule has 0 aromatic heterocycles. The third kappa shape index (κ3) is 3.39. The fraction of sp³-hybridized carbons (Fsp3) is 0.417. The second-order valence-corrected chi connectivity index (χ2v) is 4.76. The van der Waals surface area contributed by atoms with Crippen LogP contribution in [0.5, 0.6) is 0 Å². The predicted molar refractivity (Wildman–Crippen MR) is 65.9 cm³/mol. The monoisotopic (exact) mass is 287 g/mol. The van der Waals surface area contributed by atoms with Crippen molar-refractivity contribution in [3.63, 3.8) is 0 Å². The lowest BCUT2D eigenvalue weighted by molar-refractivity contribution is 0.0971. The summed E-state index contributed by atoms with van der Waals surface area (Å²) in [5, 5.41) is 0. The first kappa shape index (κ1) is 13.3. The lowest BCUT2D eigenvalue weighted by atomic mass is 10.00. The first-order chi connectivity index (χ1) is 7.56. The Morgan fingerprint density at radius 3 is 2.88 bits per heavy atom. The van der Waals surface area contributed by atoms with Gasteiger partial charge in [0, 0.05) is 6.42 Å². The summed E-state index contributed by atoms with van der Waals surface area (Å²) in [4.78, 5) is 11.7. The average molecular weight is 288 g/mol. The van der Waals surface area contributed by atoms with E-state index in [1.54, 1.807) is 12.1 Å². The molecule has 0 amide bonds. The van der Waals surface area contributed by atoms with Crippen molar-refractivity contribution in [1.82, 2.24) is 0 Å². The van der Waals surface area contributed by atoms with Gasteiger partial charge < -0.3 is 5.73 Å². The summed E-state index contributed by atoms with van der Waals surface area (Å²) in [6, 6.07) is 4.75. The third-order valence-electron chi connectivity index (χ3n) is 2.52. The Morgan fingerprint density at radius 2 is 2.25 bits per heavy atom. The SMILES string of the molecule is CC(CN)CCC(=O)c1cccc(Br)c1F. The molecule has 1 aromatic rings. The Bertz CT molecular complexity index is 381. The number of Topliss-reactive ketones (excluding diaryl/α,β-unsaturated/α-hetero) is 1. The maximum absolute atomic E-state index is 13.6. The van der Waals surface area contributed by atoms with Crippen LogP contribution in [0.2, 0.25) is 0 Å². The van der Waals surface area contributed by atoms with Crippen LogP contribution >= 0.6 is 15.9 Å². The molecule has 0 aliphatic heterocycles. The van der Waals surface area contributed by atoms with Gasteiger partial charge in [-0.3, -0.25) is 4.79 Å². The van der Waals surface area contributed by atoms with Crippen molar-refractivity contribution in [3.8, 4) is 0 Å². The smallest absolute Gasteiger partial charge is 0.165 e. The van der Waals surface area contributed by atoms with E-state index in [0.717, 1.165) is 0 Å². The average Bonchev–Trinajstić information content (AvgIpc) is 2.29. The molecular formula is C12H15BrFNO. The van der Waals surface area contributed by atoms with Gasteiger partial charge in [-0.1, -0.05) is 13.0 Å². The first-order valence-corrected chi connectivity index (χ1v) is 6.02. The molecule has 0 bridgehead atoms. The number of ketones is 1. The lowest BCUT2D eigenvalue weighted by Crippen LogP contribution is -2.13. The highest BCUT2D eigenvalue weighted by molar-refractivity contribution is 9.10. The van der Waals surface area contributed by atoms with E-state index in [4.69, 9.17) is 5.73 Å². The van der Waals surface area contributed by atoms with Gasteiger partial charge in [-0.15, -0.1) is 0 Å². The van der Waals surface area contributed by atoms with Crippen molar-refractivity contribution in [2.75, 3.05) is 6.54 Å². The Labute approximate surface area is 103 Å². The molecule has 1 unspecified atom stereocenters. The molecule has 16 heavy (non-hydrogen) atoms. The van der Waals surface area contributed by atoms with Crippen molar-refractivity contribution in [2.45, 2.75) is 19.8 Å². The molecule has 1 rings (SSSR count). The van der Waals surface area contributed by atoms with Gasteiger partial charge in [-0.05, 0) is 46.9 Å². The Hall–Kier alpha value is -0.740. The van der Waals surface area contributed by atoms with Crippen LogP contribution in [-0.2, 0) is 0 Å². The molecular weight excluding hydrogens is 273 g/mol. The zero-order valence-corrected chi connectivity index (χ0v) is 10.8. The minimum atomic E-state index is -0.479. The number of carbonyl (C=O) groups is 1. The number of halogens is 2. The Morgan fingerprint density at radius 1 is 1.56 bits per heavy atom. The van der Waals surface area contributed by atoms with Gasteiger partial charge >= 0.3 is 0 Å². The third-order valence-corrected chi connectivity index (χ3v) is 3.13. The topological polar surface area (TPSA) is 43.1 Å². The number of benzene rings is 1. The number of hydrogen-bond donors (Lipinski definition) is 1. The second kappa shape index (κ2) is 6.11. The highest BCUT2D eigenvalue weighted by Crippen LogP contribution is 2.20. The minimum Gasteiger partial charge on any atom is -0.330 e. The zero-order chi connectivity index (χ0) is 12.1. The van der Waals surface area contributed by atoms with E-state index in [9.17, 15) is 9.18 Å². The van der Waals surface area contributed by atoms with Crippen molar-refractivity contribution in [2.24, 2.45) is 11.7 Å². The van der Waals surface area contributed by atoms with E-state index >= 15 is 0 Å². The summed E-state index contributed by atoms with van der Waals surface area (Å²) < 4.78 is 13.9. The summed E-state index contributed by atoms with van der Waals surface area (Å²) in [5.41, 5.74) is 5.61. The highest BCUT2D eigenvalue weighted by Gasteiger charge is 2.14. The van der Waals surface area contributed by atoms with Crippen LogP contribution < -0.4 is 5.73 Å². The van der Waals surface area contributed by atoms with Crippen molar-refractivity contribution < 1.29 is 9.18 Å². The fourth-order valence-electron chi connectivity index (χ4n) is 1.35. The van der Waals surface area contributed by atoms with Crippen LogP contribution in [0.15, 0.2) is 22.7 Å². The zero-order valence-electron chi connectivity index (χ0n) is 9.17. The van der Waals surface area contributed by atoms with Crippen LogP contribution in [0, 0.1) is 11.7 Å². The van der Waals surface area contributed by atoms with Crippen LogP contribution in [-0.4, -0.2) is 12.3 Å². The minimum absolute atomic E-state index is 0.151. The quantitative estimate of drug-likeness (QED) is 0.846. The van der Waals surface area contributed by atoms with E-state index in [-0.39, 0.29) is 11.3 Å². The number of nitrogens with two attached hydrogens (primary N) is 1. The van der Waals surface area contributed by atoms with Crippen molar-refractivity contribution in [3.05, 3.63) is 34.1 Å². The van der Waals surface area contributed by atoms with Crippen molar-refractivity contribution >= 4 is 21.7 Å². The molecule has 1 aromatic carbocycles. The molecule has 0 spiro atoms.